The van der Waals surface area contributed by atoms with Crippen LogP contribution < -0.4 is 5.73 Å². The molecular weight excluding hydrogens is 202 g/mol. The fourth-order valence-electron chi connectivity index (χ4n) is 1.23. The third-order valence-electron chi connectivity index (χ3n) is 1.83. The molecule has 0 aliphatic carbocycles. The zero-order valence-corrected chi connectivity index (χ0v) is 8.97. The first kappa shape index (κ1) is 11.1. The lowest BCUT2D eigenvalue weighted by atomic mass is 9.95. The van der Waals surface area contributed by atoms with E-state index in [0.717, 1.165) is 0 Å². The second-order valence-electron chi connectivity index (χ2n) is 4.07. The summed E-state index contributed by atoms with van der Waals surface area (Å²) in [5.74, 6) is -0.468. The highest BCUT2D eigenvalue weighted by molar-refractivity contribution is 6.32. The van der Waals surface area contributed by atoms with Gasteiger partial charge in [-0.2, -0.15) is 0 Å². The zero-order valence-electron chi connectivity index (χ0n) is 8.21. The summed E-state index contributed by atoms with van der Waals surface area (Å²) in [5, 5.41) is 19.1. The highest BCUT2D eigenvalue weighted by atomic mass is 35.5. The Bertz CT molecular complexity index is 345. The van der Waals surface area contributed by atoms with E-state index in [4.69, 9.17) is 17.3 Å². The fourth-order valence-corrected chi connectivity index (χ4v) is 1.38. The van der Waals surface area contributed by atoms with E-state index < -0.39 is 5.54 Å². The van der Waals surface area contributed by atoms with Crippen molar-refractivity contribution < 1.29 is 10.2 Å². The number of hydrogen-bond acceptors (Lipinski definition) is 3. The lowest BCUT2D eigenvalue weighted by Gasteiger charge is -2.19. The van der Waals surface area contributed by atoms with E-state index >= 15 is 0 Å². The predicted octanol–water partition coefficient (Wildman–Crippen LogP) is 2.03. The molecule has 0 aliphatic heterocycles. The van der Waals surface area contributed by atoms with Gasteiger partial charge in [-0.15, -0.1) is 0 Å². The number of phenols is 2. The van der Waals surface area contributed by atoms with Crippen LogP contribution in [0.1, 0.15) is 19.4 Å². The highest BCUT2D eigenvalue weighted by Gasteiger charge is 2.17. The minimum Gasteiger partial charge on any atom is -0.504 e. The van der Waals surface area contributed by atoms with Gasteiger partial charge >= 0.3 is 0 Å². The van der Waals surface area contributed by atoms with Gasteiger partial charge in [0.05, 0.1) is 5.02 Å². The lowest BCUT2D eigenvalue weighted by Crippen LogP contribution is -2.34. The average Bonchev–Trinajstić information content (AvgIpc) is 2.04. The van der Waals surface area contributed by atoms with E-state index in [0.29, 0.717) is 12.0 Å². The van der Waals surface area contributed by atoms with Gasteiger partial charge in [-0.3, -0.25) is 0 Å². The monoisotopic (exact) mass is 215 g/mol. The number of halogens is 1. The number of rotatable bonds is 2. The summed E-state index contributed by atoms with van der Waals surface area (Å²) in [6.07, 6.45) is 0.476. The maximum atomic E-state index is 9.55. The van der Waals surface area contributed by atoms with E-state index in [1.54, 1.807) is 6.07 Å². The van der Waals surface area contributed by atoms with Gasteiger partial charge in [-0.1, -0.05) is 17.7 Å². The van der Waals surface area contributed by atoms with Crippen molar-refractivity contribution in [2.45, 2.75) is 25.8 Å². The Kier molecular flexibility index (Phi) is 2.92. The van der Waals surface area contributed by atoms with E-state index in [2.05, 4.69) is 0 Å². The summed E-state index contributed by atoms with van der Waals surface area (Å²) in [6.45, 7) is 3.69. The predicted molar refractivity (Wildman–Crippen MR) is 56.8 cm³/mol. The van der Waals surface area contributed by atoms with Crippen LogP contribution in [0.2, 0.25) is 5.02 Å². The van der Waals surface area contributed by atoms with Crippen molar-refractivity contribution in [2.24, 2.45) is 5.73 Å². The van der Waals surface area contributed by atoms with E-state index in [1.165, 1.54) is 6.07 Å². The van der Waals surface area contributed by atoms with Crippen LogP contribution in [-0.4, -0.2) is 15.8 Å². The molecule has 0 bridgehead atoms. The summed E-state index contributed by atoms with van der Waals surface area (Å²) in [5.41, 5.74) is 5.96. The second kappa shape index (κ2) is 3.67. The molecule has 0 aliphatic rings. The topological polar surface area (TPSA) is 66.5 Å². The Hall–Kier alpha value is -0.930. The van der Waals surface area contributed by atoms with Crippen LogP contribution in [0.25, 0.3) is 0 Å². The summed E-state index contributed by atoms with van der Waals surface area (Å²) in [4.78, 5) is 0. The van der Waals surface area contributed by atoms with Crippen LogP contribution in [0.5, 0.6) is 11.5 Å². The average molecular weight is 216 g/mol. The van der Waals surface area contributed by atoms with E-state index in [9.17, 15) is 10.2 Å². The van der Waals surface area contributed by atoms with E-state index in [1.807, 2.05) is 13.8 Å². The summed E-state index contributed by atoms with van der Waals surface area (Å²) in [6, 6.07) is 3.20. The molecule has 0 saturated heterocycles. The number of aromatic hydroxyl groups is 2. The molecule has 0 fully saturated rings. The number of phenolic OH excluding ortho intramolecular Hbond substituents is 2. The third-order valence-corrected chi connectivity index (χ3v) is 2.14. The molecule has 4 N–H and O–H groups in total. The smallest absolute Gasteiger partial charge is 0.176 e. The molecule has 0 radical (unpaired) electrons. The van der Waals surface area contributed by atoms with Gasteiger partial charge in [-0.05, 0) is 31.9 Å². The maximum Gasteiger partial charge on any atom is 0.176 e. The van der Waals surface area contributed by atoms with Crippen molar-refractivity contribution in [2.75, 3.05) is 0 Å². The zero-order chi connectivity index (χ0) is 10.9. The number of benzene rings is 1. The molecule has 78 valence electrons. The number of nitrogens with two attached hydrogens (primary N) is 1. The second-order valence-corrected chi connectivity index (χ2v) is 4.48. The van der Waals surface area contributed by atoms with Gasteiger partial charge in [0.25, 0.3) is 0 Å². The third kappa shape index (κ3) is 2.53. The van der Waals surface area contributed by atoms with Crippen molar-refractivity contribution in [1.82, 2.24) is 0 Å². The largest absolute Gasteiger partial charge is 0.504 e. The molecule has 3 nitrogen and oxygen atoms in total. The minimum atomic E-state index is -0.433. The SMILES string of the molecule is CC(C)(N)Cc1ccc(Cl)c(O)c1O. The van der Waals surface area contributed by atoms with Crippen LogP contribution in [0.3, 0.4) is 0 Å². The molecule has 1 rings (SSSR count). The molecule has 14 heavy (non-hydrogen) atoms. The maximum absolute atomic E-state index is 9.55. The molecule has 0 heterocycles. The van der Waals surface area contributed by atoms with Crippen LogP contribution in [0.4, 0.5) is 0 Å². The molecule has 1 aromatic carbocycles. The van der Waals surface area contributed by atoms with Gasteiger partial charge in [-0.25, -0.2) is 0 Å². The highest BCUT2D eigenvalue weighted by Crippen LogP contribution is 2.36. The van der Waals surface area contributed by atoms with E-state index in [-0.39, 0.29) is 16.5 Å². The summed E-state index contributed by atoms with van der Waals surface area (Å²) < 4.78 is 0. The fraction of sp³-hybridized carbons (Fsp3) is 0.400. The Morgan fingerprint density at radius 1 is 1.29 bits per heavy atom. The Balaban J connectivity index is 3.06. The summed E-state index contributed by atoms with van der Waals surface area (Å²) >= 11 is 5.62. The van der Waals surface area contributed by atoms with Crippen molar-refractivity contribution >= 4 is 11.6 Å². The van der Waals surface area contributed by atoms with Crippen LogP contribution in [-0.2, 0) is 6.42 Å². The molecule has 0 aromatic heterocycles. The molecule has 0 spiro atoms. The first-order chi connectivity index (χ1) is 6.31. The van der Waals surface area contributed by atoms with Gasteiger partial charge < -0.3 is 15.9 Å². The Labute approximate surface area is 88.1 Å². The molecule has 0 saturated carbocycles. The van der Waals surface area contributed by atoms with Crippen LogP contribution in [0.15, 0.2) is 12.1 Å². The molecule has 0 amide bonds. The van der Waals surface area contributed by atoms with Crippen LogP contribution in [0, 0.1) is 0 Å². The normalized spacial score (nSPS) is 11.7. The number of hydrogen-bond donors (Lipinski definition) is 3. The van der Waals surface area contributed by atoms with Gasteiger partial charge in [0.15, 0.2) is 11.5 Å². The van der Waals surface area contributed by atoms with Crippen molar-refractivity contribution in [3.05, 3.63) is 22.7 Å². The van der Waals surface area contributed by atoms with Gasteiger partial charge in [0.1, 0.15) is 0 Å². The van der Waals surface area contributed by atoms with Crippen molar-refractivity contribution in [3.63, 3.8) is 0 Å². The molecule has 0 unspecified atom stereocenters. The first-order valence-corrected chi connectivity index (χ1v) is 4.67. The Morgan fingerprint density at radius 3 is 2.36 bits per heavy atom. The van der Waals surface area contributed by atoms with Gasteiger partial charge in [0.2, 0.25) is 0 Å². The molecule has 0 atom stereocenters. The Morgan fingerprint density at radius 2 is 1.86 bits per heavy atom. The summed E-state index contributed by atoms with van der Waals surface area (Å²) in [7, 11) is 0. The molecular formula is C10H14ClNO2. The molecule has 1 aromatic rings. The van der Waals surface area contributed by atoms with Crippen molar-refractivity contribution in [1.29, 1.82) is 0 Å². The quantitative estimate of drug-likeness (QED) is 0.662. The lowest BCUT2D eigenvalue weighted by molar-refractivity contribution is 0.394. The van der Waals surface area contributed by atoms with Gasteiger partial charge in [0, 0.05) is 5.54 Å². The minimum absolute atomic E-state index is 0.140. The molecule has 4 heteroatoms. The van der Waals surface area contributed by atoms with Crippen LogP contribution >= 0.6 is 11.6 Å². The standard InChI is InChI=1S/C10H14ClNO2/c1-10(2,12)5-6-3-4-7(11)9(14)8(6)13/h3-4,13-14H,5,12H2,1-2H3. The first-order valence-electron chi connectivity index (χ1n) is 4.29. The van der Waals surface area contributed by atoms with Crippen molar-refractivity contribution in [3.8, 4) is 11.5 Å².